The Morgan fingerprint density at radius 2 is 1.80 bits per heavy atom. The molecule has 1 saturated carbocycles. The first-order valence-electron chi connectivity index (χ1n) is 7.91. The minimum atomic E-state index is -0.396. The molecule has 0 spiro atoms. The third-order valence-electron chi connectivity index (χ3n) is 4.70. The number of carbonyl (C=O) groups excluding carboxylic acids is 2. The quantitative estimate of drug-likeness (QED) is 0.803. The molecule has 1 aliphatic heterocycles. The van der Waals surface area contributed by atoms with Gasteiger partial charge in [0, 0.05) is 19.0 Å². The molecule has 1 unspecified atom stereocenters. The summed E-state index contributed by atoms with van der Waals surface area (Å²) in [5, 5.41) is 2.90. The second-order valence-corrected chi connectivity index (χ2v) is 6.22. The van der Waals surface area contributed by atoms with Gasteiger partial charge >= 0.3 is 0 Å². The molecule has 0 aromatic rings. The SMILES string of the molecule is CC(NC(=O)C1CCC(CN)CC1)C(=O)N1CCCC1. The van der Waals surface area contributed by atoms with Crippen LogP contribution in [0.25, 0.3) is 0 Å². The van der Waals surface area contributed by atoms with E-state index < -0.39 is 6.04 Å². The molecule has 0 radical (unpaired) electrons. The predicted molar refractivity (Wildman–Crippen MR) is 77.9 cm³/mol. The highest BCUT2D eigenvalue weighted by atomic mass is 16.2. The summed E-state index contributed by atoms with van der Waals surface area (Å²) in [5.41, 5.74) is 5.66. The van der Waals surface area contributed by atoms with E-state index in [0.717, 1.165) is 58.2 Å². The Morgan fingerprint density at radius 3 is 2.35 bits per heavy atom. The molecule has 0 bridgehead atoms. The third-order valence-corrected chi connectivity index (χ3v) is 4.70. The standard InChI is InChI=1S/C15H27N3O2/c1-11(15(20)18-8-2-3-9-18)17-14(19)13-6-4-12(10-16)5-7-13/h11-13H,2-10,16H2,1H3,(H,17,19). The van der Waals surface area contributed by atoms with Crippen LogP contribution in [0.5, 0.6) is 0 Å². The number of nitrogens with two attached hydrogens (primary N) is 1. The first kappa shape index (κ1) is 15.3. The monoisotopic (exact) mass is 281 g/mol. The molecule has 2 aliphatic rings. The Bertz CT molecular complexity index is 345. The van der Waals surface area contributed by atoms with Crippen LogP contribution in [0.15, 0.2) is 0 Å². The Balaban J connectivity index is 1.77. The van der Waals surface area contributed by atoms with Crippen molar-refractivity contribution in [1.82, 2.24) is 10.2 Å². The lowest BCUT2D eigenvalue weighted by Gasteiger charge is -2.28. The summed E-state index contributed by atoms with van der Waals surface area (Å²) in [4.78, 5) is 26.2. The summed E-state index contributed by atoms with van der Waals surface area (Å²) in [6.45, 7) is 4.18. The van der Waals surface area contributed by atoms with Gasteiger partial charge in [-0.1, -0.05) is 0 Å². The van der Waals surface area contributed by atoms with Gasteiger partial charge in [0.1, 0.15) is 6.04 Å². The maximum Gasteiger partial charge on any atom is 0.244 e. The Morgan fingerprint density at radius 1 is 1.20 bits per heavy atom. The van der Waals surface area contributed by atoms with Crippen molar-refractivity contribution < 1.29 is 9.59 Å². The first-order chi connectivity index (χ1) is 9.61. The zero-order chi connectivity index (χ0) is 14.5. The van der Waals surface area contributed by atoms with E-state index in [1.54, 1.807) is 6.92 Å². The van der Waals surface area contributed by atoms with Crippen molar-refractivity contribution >= 4 is 11.8 Å². The molecule has 2 fully saturated rings. The van der Waals surface area contributed by atoms with Crippen molar-refractivity contribution in [3.63, 3.8) is 0 Å². The third kappa shape index (κ3) is 3.72. The largest absolute Gasteiger partial charge is 0.344 e. The molecule has 5 heteroatoms. The van der Waals surface area contributed by atoms with Gasteiger partial charge in [-0.05, 0) is 57.9 Å². The summed E-state index contributed by atoms with van der Waals surface area (Å²) >= 11 is 0. The average molecular weight is 281 g/mol. The molecule has 2 amide bonds. The number of amides is 2. The van der Waals surface area contributed by atoms with Gasteiger partial charge in [-0.25, -0.2) is 0 Å². The smallest absolute Gasteiger partial charge is 0.244 e. The predicted octanol–water partition coefficient (Wildman–Crippen LogP) is 0.879. The Labute approximate surface area is 121 Å². The van der Waals surface area contributed by atoms with E-state index >= 15 is 0 Å². The van der Waals surface area contributed by atoms with Crippen molar-refractivity contribution in [1.29, 1.82) is 0 Å². The molecule has 114 valence electrons. The molecule has 1 heterocycles. The highest BCUT2D eigenvalue weighted by molar-refractivity contribution is 5.88. The van der Waals surface area contributed by atoms with Gasteiger partial charge in [-0.3, -0.25) is 9.59 Å². The summed E-state index contributed by atoms with van der Waals surface area (Å²) in [5.74, 6) is 0.737. The fourth-order valence-corrected chi connectivity index (χ4v) is 3.26. The average Bonchev–Trinajstić information content (AvgIpc) is 3.00. The van der Waals surface area contributed by atoms with Gasteiger partial charge in [0.15, 0.2) is 0 Å². The number of nitrogens with one attached hydrogen (secondary N) is 1. The minimum absolute atomic E-state index is 0.0421. The fraction of sp³-hybridized carbons (Fsp3) is 0.867. The summed E-state index contributed by atoms with van der Waals surface area (Å²) < 4.78 is 0. The molecule has 1 aliphatic carbocycles. The van der Waals surface area contributed by atoms with Crippen LogP contribution in [0.2, 0.25) is 0 Å². The molecule has 0 aromatic carbocycles. The van der Waals surface area contributed by atoms with Crippen molar-refractivity contribution in [3.8, 4) is 0 Å². The topological polar surface area (TPSA) is 75.4 Å². The molecule has 1 atom stereocenters. The van der Waals surface area contributed by atoms with Crippen LogP contribution < -0.4 is 11.1 Å². The lowest BCUT2D eigenvalue weighted by Crippen LogP contribution is -2.48. The van der Waals surface area contributed by atoms with Crippen LogP contribution in [-0.4, -0.2) is 42.4 Å². The molecule has 3 N–H and O–H groups in total. The second kappa shape index (κ2) is 7.07. The lowest BCUT2D eigenvalue weighted by molar-refractivity contribution is -0.136. The summed E-state index contributed by atoms with van der Waals surface area (Å²) in [6, 6.07) is -0.396. The number of rotatable bonds is 4. The lowest BCUT2D eigenvalue weighted by atomic mass is 9.81. The van der Waals surface area contributed by atoms with E-state index in [2.05, 4.69) is 5.32 Å². The molecule has 1 saturated heterocycles. The maximum atomic E-state index is 12.2. The van der Waals surface area contributed by atoms with Gasteiger partial charge in [0.25, 0.3) is 0 Å². The fourth-order valence-electron chi connectivity index (χ4n) is 3.26. The molecule has 5 nitrogen and oxygen atoms in total. The van der Waals surface area contributed by atoms with Crippen LogP contribution in [0.4, 0.5) is 0 Å². The van der Waals surface area contributed by atoms with Crippen molar-refractivity contribution in [2.24, 2.45) is 17.6 Å². The zero-order valence-corrected chi connectivity index (χ0v) is 12.4. The highest BCUT2D eigenvalue weighted by Crippen LogP contribution is 2.28. The van der Waals surface area contributed by atoms with Crippen LogP contribution in [-0.2, 0) is 9.59 Å². The molecule has 20 heavy (non-hydrogen) atoms. The Hall–Kier alpha value is -1.10. The first-order valence-corrected chi connectivity index (χ1v) is 7.91. The van der Waals surface area contributed by atoms with Crippen LogP contribution in [0.3, 0.4) is 0 Å². The van der Waals surface area contributed by atoms with Crippen LogP contribution in [0, 0.1) is 11.8 Å². The molecular weight excluding hydrogens is 254 g/mol. The molecule has 0 aromatic heterocycles. The number of hydrogen-bond donors (Lipinski definition) is 2. The second-order valence-electron chi connectivity index (χ2n) is 6.22. The number of carbonyl (C=O) groups is 2. The van der Waals surface area contributed by atoms with Crippen molar-refractivity contribution in [2.45, 2.75) is 51.5 Å². The van der Waals surface area contributed by atoms with E-state index in [1.807, 2.05) is 4.90 Å². The van der Waals surface area contributed by atoms with Crippen molar-refractivity contribution in [2.75, 3.05) is 19.6 Å². The number of nitrogens with zero attached hydrogens (tertiary/aromatic N) is 1. The number of hydrogen-bond acceptors (Lipinski definition) is 3. The van der Waals surface area contributed by atoms with E-state index in [1.165, 1.54) is 0 Å². The van der Waals surface area contributed by atoms with Crippen molar-refractivity contribution in [3.05, 3.63) is 0 Å². The van der Waals surface area contributed by atoms with Gasteiger partial charge < -0.3 is 16.0 Å². The van der Waals surface area contributed by atoms with Gasteiger partial charge in [0.05, 0.1) is 0 Å². The normalized spacial score (nSPS) is 28.2. The number of likely N-dealkylation sites (tertiary alicyclic amines) is 1. The zero-order valence-electron chi connectivity index (χ0n) is 12.4. The summed E-state index contributed by atoms with van der Waals surface area (Å²) in [6.07, 6.45) is 6.02. The van der Waals surface area contributed by atoms with E-state index in [4.69, 9.17) is 5.73 Å². The van der Waals surface area contributed by atoms with E-state index in [-0.39, 0.29) is 17.7 Å². The molecular formula is C15H27N3O2. The highest BCUT2D eigenvalue weighted by Gasteiger charge is 2.29. The van der Waals surface area contributed by atoms with Gasteiger partial charge in [-0.2, -0.15) is 0 Å². The maximum absolute atomic E-state index is 12.2. The van der Waals surface area contributed by atoms with Crippen LogP contribution >= 0.6 is 0 Å². The van der Waals surface area contributed by atoms with Gasteiger partial charge in [0.2, 0.25) is 11.8 Å². The van der Waals surface area contributed by atoms with E-state index in [0.29, 0.717) is 5.92 Å². The minimum Gasteiger partial charge on any atom is -0.344 e. The van der Waals surface area contributed by atoms with Crippen LogP contribution in [0.1, 0.15) is 45.4 Å². The summed E-state index contributed by atoms with van der Waals surface area (Å²) in [7, 11) is 0. The van der Waals surface area contributed by atoms with Gasteiger partial charge in [-0.15, -0.1) is 0 Å². The molecule has 2 rings (SSSR count). The Kier molecular flexibility index (Phi) is 5.40. The van der Waals surface area contributed by atoms with E-state index in [9.17, 15) is 9.59 Å².